The van der Waals surface area contributed by atoms with Crippen molar-refractivity contribution in [2.75, 3.05) is 6.54 Å². The van der Waals surface area contributed by atoms with Gasteiger partial charge in [0.05, 0.1) is 4.92 Å². The number of nitrogens with one attached hydrogen (secondary N) is 1. The second kappa shape index (κ2) is 10.1. The average molecular weight is 410 g/mol. The Morgan fingerprint density at radius 3 is 2.52 bits per heavy atom. The van der Waals surface area contributed by atoms with Crippen molar-refractivity contribution in [2.24, 2.45) is 0 Å². The first-order chi connectivity index (χ1) is 12.9. The molecule has 0 aromatic carbocycles. The molecule has 0 saturated carbocycles. The van der Waals surface area contributed by atoms with Crippen molar-refractivity contribution in [3.63, 3.8) is 0 Å². The zero-order chi connectivity index (χ0) is 19.8. The molecule has 9 heteroatoms. The topological polar surface area (TPSA) is 84.2 Å². The number of nitro groups is 1. The van der Waals surface area contributed by atoms with E-state index in [1.54, 1.807) is 31.5 Å². The van der Waals surface area contributed by atoms with Gasteiger partial charge in [0.2, 0.25) is 0 Å². The smallest absolute Gasteiger partial charge is 0.285 e. The maximum absolute atomic E-state index is 11.6. The van der Waals surface area contributed by atoms with Crippen LogP contribution in [0, 0.1) is 10.1 Å². The van der Waals surface area contributed by atoms with E-state index in [-0.39, 0.29) is 10.6 Å². The van der Waals surface area contributed by atoms with E-state index in [0.717, 1.165) is 11.1 Å². The summed E-state index contributed by atoms with van der Waals surface area (Å²) in [4.78, 5) is 21.2. The first-order valence-corrected chi connectivity index (χ1v) is 9.27. The summed E-state index contributed by atoms with van der Waals surface area (Å²) in [5, 5.41) is 15.6. The van der Waals surface area contributed by atoms with Crippen molar-refractivity contribution in [1.29, 1.82) is 0 Å². The summed E-state index contributed by atoms with van der Waals surface area (Å²) in [5.74, 6) is 0.480. The van der Waals surface area contributed by atoms with Gasteiger partial charge in [-0.1, -0.05) is 36.2 Å². The van der Waals surface area contributed by atoms with Crippen LogP contribution in [-0.4, -0.2) is 26.3 Å². The number of allylic oxidation sites excluding steroid dienone is 1. The number of rotatable bonds is 9. The maximum atomic E-state index is 11.6. The number of aromatic nitrogens is 2. The molecule has 0 spiro atoms. The summed E-state index contributed by atoms with van der Waals surface area (Å²) in [6, 6.07) is 7.10. The highest BCUT2D eigenvalue weighted by Crippen LogP contribution is 2.17. The van der Waals surface area contributed by atoms with Crippen molar-refractivity contribution in [3.8, 4) is 0 Å². The van der Waals surface area contributed by atoms with E-state index >= 15 is 0 Å². The first kappa shape index (κ1) is 20.9. The van der Waals surface area contributed by atoms with Gasteiger partial charge in [-0.15, -0.1) is 0 Å². The standard InChI is InChI=1S/C18H21Cl2N5O2/c1-3-15(25(26)27)18(23-10-13-7-8-21-17(20)9-13)24(4-2)12-14-5-6-16(19)22-11-14/h5-9,11,23H,3-4,10,12H2,1-2H3/b18-15+. The van der Waals surface area contributed by atoms with Gasteiger partial charge in [-0.25, -0.2) is 9.97 Å². The van der Waals surface area contributed by atoms with Crippen molar-refractivity contribution in [3.05, 3.63) is 79.7 Å². The second-order valence-electron chi connectivity index (χ2n) is 5.75. The lowest BCUT2D eigenvalue weighted by Gasteiger charge is -2.26. The summed E-state index contributed by atoms with van der Waals surface area (Å²) in [5.41, 5.74) is 1.92. The molecule has 0 aliphatic rings. The molecule has 144 valence electrons. The van der Waals surface area contributed by atoms with Gasteiger partial charge in [0.25, 0.3) is 5.70 Å². The highest BCUT2D eigenvalue weighted by molar-refractivity contribution is 6.29. The molecule has 27 heavy (non-hydrogen) atoms. The Labute approximate surface area is 168 Å². The van der Waals surface area contributed by atoms with Crippen LogP contribution in [0.25, 0.3) is 0 Å². The minimum atomic E-state index is -0.343. The molecule has 2 aromatic rings. The lowest BCUT2D eigenvalue weighted by atomic mass is 10.2. The Morgan fingerprint density at radius 1 is 1.19 bits per heavy atom. The minimum absolute atomic E-state index is 0.124. The van der Waals surface area contributed by atoms with E-state index < -0.39 is 0 Å². The number of hydrogen-bond donors (Lipinski definition) is 1. The normalized spacial score (nSPS) is 11.7. The minimum Gasteiger partial charge on any atom is -0.362 e. The van der Waals surface area contributed by atoms with Crippen LogP contribution in [-0.2, 0) is 13.1 Å². The molecule has 7 nitrogen and oxygen atoms in total. The van der Waals surface area contributed by atoms with Crippen LogP contribution in [0.5, 0.6) is 0 Å². The van der Waals surface area contributed by atoms with E-state index in [1.807, 2.05) is 24.0 Å². The summed E-state index contributed by atoms with van der Waals surface area (Å²) in [7, 11) is 0. The molecule has 0 radical (unpaired) electrons. The zero-order valence-corrected chi connectivity index (χ0v) is 16.7. The van der Waals surface area contributed by atoms with E-state index in [4.69, 9.17) is 23.2 Å². The van der Waals surface area contributed by atoms with Crippen LogP contribution in [0.1, 0.15) is 31.4 Å². The molecule has 2 heterocycles. The van der Waals surface area contributed by atoms with Gasteiger partial charge in [-0.05, 0) is 36.2 Å². The van der Waals surface area contributed by atoms with Gasteiger partial charge in [0, 0.05) is 38.4 Å². The Morgan fingerprint density at radius 2 is 1.96 bits per heavy atom. The van der Waals surface area contributed by atoms with Crippen LogP contribution < -0.4 is 5.32 Å². The molecule has 0 atom stereocenters. The predicted octanol–water partition coefficient (Wildman–Crippen LogP) is 4.25. The zero-order valence-electron chi connectivity index (χ0n) is 15.2. The van der Waals surface area contributed by atoms with Gasteiger partial charge in [0.1, 0.15) is 10.3 Å². The maximum Gasteiger partial charge on any atom is 0.285 e. The second-order valence-corrected chi connectivity index (χ2v) is 6.52. The molecule has 2 rings (SSSR count). The largest absolute Gasteiger partial charge is 0.362 e. The summed E-state index contributed by atoms with van der Waals surface area (Å²) in [6.07, 6.45) is 3.57. The molecular weight excluding hydrogens is 389 g/mol. The molecular formula is C18H21Cl2N5O2. The lowest BCUT2D eigenvalue weighted by Crippen LogP contribution is -2.34. The van der Waals surface area contributed by atoms with Crippen molar-refractivity contribution >= 4 is 23.2 Å². The van der Waals surface area contributed by atoms with Gasteiger partial charge in [-0.2, -0.15) is 0 Å². The van der Waals surface area contributed by atoms with Crippen LogP contribution in [0.4, 0.5) is 0 Å². The highest BCUT2D eigenvalue weighted by atomic mass is 35.5. The van der Waals surface area contributed by atoms with Crippen molar-refractivity contribution in [2.45, 2.75) is 33.4 Å². The van der Waals surface area contributed by atoms with Gasteiger partial charge in [-0.3, -0.25) is 10.1 Å². The van der Waals surface area contributed by atoms with E-state index in [1.165, 1.54) is 0 Å². The fourth-order valence-electron chi connectivity index (χ4n) is 2.59. The third-order valence-corrected chi connectivity index (χ3v) is 4.37. The van der Waals surface area contributed by atoms with Gasteiger partial charge >= 0.3 is 0 Å². The fraction of sp³-hybridized carbons (Fsp3) is 0.333. The summed E-state index contributed by atoms with van der Waals surface area (Å²) >= 11 is 11.8. The van der Waals surface area contributed by atoms with Crippen LogP contribution in [0.3, 0.4) is 0 Å². The Balaban J connectivity index is 2.29. The quantitative estimate of drug-likeness (QED) is 0.378. The third-order valence-electron chi connectivity index (χ3n) is 3.94. The number of pyridine rings is 2. The Bertz CT molecular complexity index is 812. The number of nitrogens with zero attached hydrogens (tertiary/aromatic N) is 4. The monoisotopic (exact) mass is 409 g/mol. The molecule has 2 aromatic heterocycles. The highest BCUT2D eigenvalue weighted by Gasteiger charge is 2.22. The molecule has 0 bridgehead atoms. The number of halogens is 2. The molecule has 0 unspecified atom stereocenters. The van der Waals surface area contributed by atoms with Crippen LogP contribution >= 0.6 is 23.2 Å². The molecule has 0 amide bonds. The third kappa shape index (κ3) is 6.08. The molecule has 0 aliphatic carbocycles. The predicted molar refractivity (Wildman–Crippen MR) is 106 cm³/mol. The Hall–Kier alpha value is -2.38. The Kier molecular flexibility index (Phi) is 7.82. The SMILES string of the molecule is CC/C(=C(/NCc1ccnc(Cl)c1)N(CC)Cc1ccc(Cl)nc1)[N+](=O)[O-]. The van der Waals surface area contributed by atoms with Gasteiger partial charge in [0.15, 0.2) is 5.82 Å². The fourth-order valence-corrected chi connectivity index (χ4v) is 2.90. The summed E-state index contributed by atoms with van der Waals surface area (Å²) in [6.45, 7) is 5.16. The number of hydrogen-bond acceptors (Lipinski definition) is 6. The van der Waals surface area contributed by atoms with E-state index in [9.17, 15) is 10.1 Å². The van der Waals surface area contributed by atoms with Gasteiger partial charge < -0.3 is 10.2 Å². The van der Waals surface area contributed by atoms with Crippen molar-refractivity contribution in [1.82, 2.24) is 20.2 Å². The van der Waals surface area contributed by atoms with Crippen molar-refractivity contribution < 1.29 is 4.92 Å². The van der Waals surface area contributed by atoms with Crippen LogP contribution in [0.2, 0.25) is 10.3 Å². The summed E-state index contributed by atoms with van der Waals surface area (Å²) < 4.78 is 0. The molecule has 0 saturated heterocycles. The first-order valence-electron chi connectivity index (χ1n) is 8.51. The van der Waals surface area contributed by atoms with Crippen LogP contribution in [0.15, 0.2) is 48.2 Å². The molecule has 0 fully saturated rings. The molecule has 1 N–H and O–H groups in total. The van der Waals surface area contributed by atoms with E-state index in [0.29, 0.717) is 42.2 Å². The van der Waals surface area contributed by atoms with E-state index in [2.05, 4.69) is 15.3 Å². The average Bonchev–Trinajstić information content (AvgIpc) is 2.64. The molecule has 0 aliphatic heterocycles. The lowest BCUT2D eigenvalue weighted by molar-refractivity contribution is -0.430.